The third kappa shape index (κ3) is 3.66. The van der Waals surface area contributed by atoms with Gasteiger partial charge in [0.1, 0.15) is 11.5 Å². The third-order valence-corrected chi connectivity index (χ3v) is 4.35. The van der Waals surface area contributed by atoms with Crippen molar-refractivity contribution in [1.29, 1.82) is 5.26 Å². The van der Waals surface area contributed by atoms with Gasteiger partial charge in [0.05, 0.1) is 21.7 Å². The van der Waals surface area contributed by atoms with Crippen molar-refractivity contribution in [3.05, 3.63) is 81.0 Å². The quantitative estimate of drug-likeness (QED) is 0.464. The predicted molar refractivity (Wildman–Crippen MR) is 99.1 cm³/mol. The first kappa shape index (κ1) is 16.7. The zero-order valence-electron chi connectivity index (χ0n) is 12.3. The summed E-state index contributed by atoms with van der Waals surface area (Å²) in [6.45, 7) is 0. The molecular weight excluding hydrogens is 365 g/mol. The van der Waals surface area contributed by atoms with Gasteiger partial charge in [0.15, 0.2) is 0 Å². The zero-order chi connectivity index (χ0) is 17.1. The monoisotopic (exact) mass is 373 g/mol. The zero-order valence-corrected chi connectivity index (χ0v) is 14.5. The standard InChI is InChI=1S/C19H10Cl3NO/c20-15-3-1-2-12(8-15)14(11-23)9-16-5-7-19(24-16)13-4-6-17(21)18(22)10-13/h1-10H/b14-9+. The molecule has 0 spiro atoms. The lowest BCUT2D eigenvalue weighted by molar-refractivity contribution is 0.572. The van der Waals surface area contributed by atoms with Crippen molar-refractivity contribution in [2.24, 2.45) is 0 Å². The van der Waals surface area contributed by atoms with Gasteiger partial charge < -0.3 is 4.42 Å². The molecule has 0 radical (unpaired) electrons. The number of hydrogen-bond acceptors (Lipinski definition) is 2. The van der Waals surface area contributed by atoms with Gasteiger partial charge in [0.25, 0.3) is 0 Å². The fraction of sp³-hybridized carbons (Fsp3) is 0. The molecule has 0 bridgehead atoms. The molecule has 0 aliphatic rings. The number of benzene rings is 2. The fourth-order valence-corrected chi connectivity index (χ4v) is 2.70. The van der Waals surface area contributed by atoms with Crippen LogP contribution in [0.25, 0.3) is 23.0 Å². The van der Waals surface area contributed by atoms with Crippen molar-refractivity contribution in [2.75, 3.05) is 0 Å². The van der Waals surface area contributed by atoms with E-state index in [-0.39, 0.29) is 0 Å². The highest BCUT2D eigenvalue weighted by Crippen LogP contribution is 2.30. The molecule has 0 fully saturated rings. The minimum absolute atomic E-state index is 0.458. The number of nitrogens with zero attached hydrogens (tertiary/aromatic N) is 1. The second-order valence-electron chi connectivity index (χ2n) is 5.01. The second kappa shape index (κ2) is 7.15. The van der Waals surface area contributed by atoms with Crippen LogP contribution in [-0.4, -0.2) is 0 Å². The van der Waals surface area contributed by atoms with E-state index in [2.05, 4.69) is 6.07 Å². The Hall–Kier alpha value is -2.18. The Morgan fingerprint density at radius 2 is 1.79 bits per heavy atom. The van der Waals surface area contributed by atoms with Crippen LogP contribution >= 0.6 is 34.8 Å². The number of hydrogen-bond donors (Lipinski definition) is 0. The summed E-state index contributed by atoms with van der Waals surface area (Å²) in [5.41, 5.74) is 2.01. The molecule has 0 unspecified atom stereocenters. The van der Waals surface area contributed by atoms with Gasteiger partial charge in [0, 0.05) is 10.6 Å². The molecule has 2 aromatic carbocycles. The summed E-state index contributed by atoms with van der Waals surface area (Å²) in [5, 5.41) is 10.9. The maximum atomic E-state index is 9.39. The smallest absolute Gasteiger partial charge is 0.134 e. The van der Waals surface area contributed by atoms with Crippen molar-refractivity contribution < 1.29 is 4.42 Å². The fourth-order valence-electron chi connectivity index (χ4n) is 2.21. The molecule has 24 heavy (non-hydrogen) atoms. The molecule has 3 rings (SSSR count). The van der Waals surface area contributed by atoms with E-state index in [0.29, 0.717) is 32.2 Å². The Kier molecular flexibility index (Phi) is 4.97. The van der Waals surface area contributed by atoms with Crippen LogP contribution in [0.2, 0.25) is 15.1 Å². The molecule has 1 aromatic heterocycles. The number of furan rings is 1. The van der Waals surface area contributed by atoms with Crippen LogP contribution < -0.4 is 0 Å². The van der Waals surface area contributed by atoms with E-state index in [0.717, 1.165) is 11.1 Å². The van der Waals surface area contributed by atoms with Crippen molar-refractivity contribution in [3.63, 3.8) is 0 Å². The number of allylic oxidation sites excluding steroid dienone is 1. The Morgan fingerprint density at radius 1 is 0.958 bits per heavy atom. The largest absolute Gasteiger partial charge is 0.457 e. The molecule has 0 aliphatic heterocycles. The summed E-state index contributed by atoms with van der Waals surface area (Å²) in [6.07, 6.45) is 1.67. The maximum absolute atomic E-state index is 9.39. The van der Waals surface area contributed by atoms with Crippen LogP contribution in [0.5, 0.6) is 0 Å². The molecular formula is C19H10Cl3NO. The summed E-state index contributed by atoms with van der Waals surface area (Å²) in [7, 11) is 0. The van der Waals surface area contributed by atoms with E-state index in [1.54, 1.807) is 42.5 Å². The van der Waals surface area contributed by atoms with E-state index in [1.807, 2.05) is 18.2 Å². The number of rotatable bonds is 3. The number of halogens is 3. The first-order chi connectivity index (χ1) is 11.6. The Bertz CT molecular complexity index is 967. The summed E-state index contributed by atoms with van der Waals surface area (Å²) in [4.78, 5) is 0. The van der Waals surface area contributed by atoms with Gasteiger partial charge in [0.2, 0.25) is 0 Å². The van der Waals surface area contributed by atoms with Gasteiger partial charge >= 0.3 is 0 Å². The lowest BCUT2D eigenvalue weighted by Crippen LogP contribution is -1.81. The first-order valence-electron chi connectivity index (χ1n) is 7.00. The van der Waals surface area contributed by atoms with Gasteiger partial charge in [-0.15, -0.1) is 0 Å². The average molecular weight is 375 g/mol. The van der Waals surface area contributed by atoms with E-state index in [4.69, 9.17) is 39.2 Å². The lowest BCUT2D eigenvalue weighted by atomic mass is 10.1. The first-order valence-corrected chi connectivity index (χ1v) is 8.13. The third-order valence-electron chi connectivity index (χ3n) is 3.37. The topological polar surface area (TPSA) is 36.9 Å². The van der Waals surface area contributed by atoms with Crippen molar-refractivity contribution in [1.82, 2.24) is 0 Å². The number of nitriles is 1. The minimum atomic E-state index is 0.458. The van der Waals surface area contributed by atoms with Crippen LogP contribution in [-0.2, 0) is 0 Å². The van der Waals surface area contributed by atoms with E-state index < -0.39 is 0 Å². The molecule has 1 heterocycles. The van der Waals surface area contributed by atoms with Gasteiger partial charge in [-0.2, -0.15) is 5.26 Å². The van der Waals surface area contributed by atoms with E-state index in [1.165, 1.54) is 0 Å². The highest BCUT2D eigenvalue weighted by atomic mass is 35.5. The highest BCUT2D eigenvalue weighted by molar-refractivity contribution is 6.42. The minimum Gasteiger partial charge on any atom is -0.457 e. The molecule has 0 saturated heterocycles. The van der Waals surface area contributed by atoms with Crippen LogP contribution in [0.4, 0.5) is 0 Å². The lowest BCUT2D eigenvalue weighted by Gasteiger charge is -2.00. The van der Waals surface area contributed by atoms with Crippen LogP contribution in [0.3, 0.4) is 0 Å². The molecule has 0 atom stereocenters. The van der Waals surface area contributed by atoms with E-state index >= 15 is 0 Å². The summed E-state index contributed by atoms with van der Waals surface area (Å²) < 4.78 is 5.79. The molecule has 2 nitrogen and oxygen atoms in total. The van der Waals surface area contributed by atoms with Gasteiger partial charge in [-0.3, -0.25) is 0 Å². The van der Waals surface area contributed by atoms with Gasteiger partial charge in [-0.05, 0) is 54.1 Å². The van der Waals surface area contributed by atoms with Crippen molar-refractivity contribution in [2.45, 2.75) is 0 Å². The summed E-state index contributed by atoms with van der Waals surface area (Å²) >= 11 is 17.9. The average Bonchev–Trinajstić information content (AvgIpc) is 3.04. The van der Waals surface area contributed by atoms with Crippen LogP contribution in [0.15, 0.2) is 59.0 Å². The summed E-state index contributed by atoms with van der Waals surface area (Å²) in [5.74, 6) is 1.20. The molecule has 0 amide bonds. The van der Waals surface area contributed by atoms with Crippen molar-refractivity contribution in [3.8, 4) is 17.4 Å². The Morgan fingerprint density at radius 3 is 2.50 bits per heavy atom. The molecule has 5 heteroatoms. The van der Waals surface area contributed by atoms with Crippen molar-refractivity contribution >= 4 is 46.5 Å². The van der Waals surface area contributed by atoms with Crippen LogP contribution in [0, 0.1) is 11.3 Å². The summed E-state index contributed by atoms with van der Waals surface area (Å²) in [6, 6.07) is 18.2. The Labute approximate surface area is 154 Å². The predicted octanol–water partition coefficient (Wildman–Crippen LogP) is 6.97. The molecule has 118 valence electrons. The van der Waals surface area contributed by atoms with Crippen LogP contribution in [0.1, 0.15) is 11.3 Å². The molecule has 0 N–H and O–H groups in total. The second-order valence-corrected chi connectivity index (χ2v) is 6.26. The Balaban J connectivity index is 1.95. The molecule has 0 saturated carbocycles. The molecule has 0 aliphatic carbocycles. The van der Waals surface area contributed by atoms with E-state index in [9.17, 15) is 5.26 Å². The molecule has 3 aromatic rings. The highest BCUT2D eigenvalue weighted by Gasteiger charge is 2.08. The SMILES string of the molecule is N#C/C(=C\c1ccc(-c2ccc(Cl)c(Cl)c2)o1)c1cccc(Cl)c1. The van der Waals surface area contributed by atoms with Gasteiger partial charge in [-0.1, -0.05) is 46.9 Å². The normalized spacial score (nSPS) is 11.3. The van der Waals surface area contributed by atoms with Gasteiger partial charge in [-0.25, -0.2) is 0 Å². The maximum Gasteiger partial charge on any atom is 0.134 e.